The second kappa shape index (κ2) is 12.4. The summed E-state index contributed by atoms with van der Waals surface area (Å²) in [5.74, 6) is -0.460. The first-order chi connectivity index (χ1) is 22.8. The molecule has 8 nitrogen and oxygen atoms in total. The molecule has 0 radical (unpaired) electrons. The van der Waals surface area contributed by atoms with Crippen molar-refractivity contribution in [2.24, 2.45) is 0 Å². The summed E-state index contributed by atoms with van der Waals surface area (Å²) < 4.78 is 23.9. The zero-order valence-corrected chi connectivity index (χ0v) is 27.1. The lowest BCUT2D eigenvalue weighted by molar-refractivity contribution is -0.200. The summed E-state index contributed by atoms with van der Waals surface area (Å²) in [6.45, 7) is 6.20. The quantitative estimate of drug-likeness (QED) is 0.249. The van der Waals surface area contributed by atoms with Crippen LogP contribution in [0.4, 0.5) is 5.69 Å². The molecule has 4 aromatic rings. The van der Waals surface area contributed by atoms with Gasteiger partial charge in [0.15, 0.2) is 12.6 Å². The minimum Gasteiger partial charge on any atom is -0.495 e. The van der Waals surface area contributed by atoms with E-state index in [1.54, 1.807) is 14.2 Å². The van der Waals surface area contributed by atoms with Gasteiger partial charge in [-0.2, -0.15) is 0 Å². The molecular weight excluding hydrogens is 590 g/mol. The zero-order chi connectivity index (χ0) is 32.6. The Labute approximate surface area is 274 Å². The summed E-state index contributed by atoms with van der Waals surface area (Å²) in [7, 11) is 3.13. The number of amides is 1. The molecule has 2 aliphatic heterocycles. The van der Waals surface area contributed by atoms with Gasteiger partial charge in [-0.15, -0.1) is 0 Å². The Morgan fingerprint density at radius 3 is 2.30 bits per heavy atom. The number of carbonyl (C=O) groups is 1. The van der Waals surface area contributed by atoms with Crippen LogP contribution in [-0.2, 0) is 27.3 Å². The molecule has 1 amide bonds. The van der Waals surface area contributed by atoms with Gasteiger partial charge >= 0.3 is 0 Å². The van der Waals surface area contributed by atoms with Crippen LogP contribution >= 0.6 is 0 Å². The van der Waals surface area contributed by atoms with Crippen molar-refractivity contribution in [2.75, 3.05) is 32.9 Å². The lowest BCUT2D eigenvalue weighted by atomic mass is 9.88. The maximum atomic E-state index is 14.3. The Bertz CT molecular complexity index is 1930. The van der Waals surface area contributed by atoms with Gasteiger partial charge in [-0.05, 0) is 77.7 Å². The number of carbonyl (C=O) groups excluding carboxylic acids is 1. The van der Waals surface area contributed by atoms with Gasteiger partial charge in [-0.25, -0.2) is 0 Å². The summed E-state index contributed by atoms with van der Waals surface area (Å²) in [6, 6.07) is 28.7. The lowest BCUT2D eigenvalue weighted by Gasteiger charge is -2.39. The van der Waals surface area contributed by atoms with Gasteiger partial charge in [0, 0.05) is 60.5 Å². The van der Waals surface area contributed by atoms with Gasteiger partial charge in [0.2, 0.25) is 0 Å². The molecule has 1 aliphatic carbocycles. The van der Waals surface area contributed by atoms with E-state index < -0.39 is 5.79 Å². The number of nitrogens with zero attached hydrogens (tertiary/aromatic N) is 1. The molecule has 1 unspecified atom stereocenters. The van der Waals surface area contributed by atoms with Crippen molar-refractivity contribution in [2.45, 2.75) is 38.3 Å². The average molecular weight is 630 g/mol. The lowest BCUT2D eigenvalue weighted by Crippen LogP contribution is -2.51. The Morgan fingerprint density at radius 1 is 0.936 bits per heavy atom. The van der Waals surface area contributed by atoms with Crippen molar-refractivity contribution in [3.63, 3.8) is 0 Å². The minimum absolute atomic E-state index is 0.0629. The third-order valence-corrected chi connectivity index (χ3v) is 9.29. The highest BCUT2D eigenvalue weighted by molar-refractivity contribution is 6.01. The molecule has 240 valence electrons. The molecule has 4 aromatic carbocycles. The van der Waals surface area contributed by atoms with E-state index in [1.807, 2.05) is 54.8 Å². The molecule has 0 aromatic heterocycles. The highest BCUT2D eigenvalue weighted by atomic mass is 16.8. The predicted octanol–water partition coefficient (Wildman–Crippen LogP) is 5.22. The van der Waals surface area contributed by atoms with Gasteiger partial charge in [0.25, 0.3) is 11.7 Å². The summed E-state index contributed by atoms with van der Waals surface area (Å²) in [4.78, 5) is 16.8. The topological polar surface area (TPSA) is 81.3 Å². The number of fused-ring (bicyclic) bond motifs is 2. The SMILES string of the molecule is COC1=Cc2c(C(=O)NCC(C)(C)N(Cc3ccccc3)Cc3ccccc3)cc3c4c2=CC1(OC)OCOc1ccc(c-3c1)NC=4. The second-order valence-corrected chi connectivity index (χ2v) is 12.7. The van der Waals surface area contributed by atoms with Crippen LogP contribution in [-0.4, -0.2) is 49.7 Å². The third kappa shape index (κ3) is 5.80. The normalized spacial score (nSPS) is 17.4. The Morgan fingerprint density at radius 2 is 1.64 bits per heavy atom. The van der Waals surface area contributed by atoms with E-state index >= 15 is 0 Å². The van der Waals surface area contributed by atoms with Crippen LogP contribution in [0.1, 0.15) is 40.9 Å². The predicted molar refractivity (Wildman–Crippen MR) is 184 cm³/mol. The first-order valence-corrected chi connectivity index (χ1v) is 15.8. The molecular formula is C39H39N3O5. The number of ether oxygens (including phenoxy) is 4. The van der Waals surface area contributed by atoms with Crippen LogP contribution < -0.4 is 25.8 Å². The minimum atomic E-state index is -1.34. The average Bonchev–Trinajstić information content (AvgIpc) is 3.11. The fourth-order valence-electron chi connectivity index (χ4n) is 6.53. The standard InChI is InChI=1S/C39H39N3O5/c1-38(2,42(22-26-11-7-5-8-12-26)23-27-13-9-6-10-14-27)24-41-37(43)32-18-29-31-17-28-15-16-35(31)40-21-34(29)33-20-39(45-4,47-25-46-28)36(44-3)19-30(32)33/h5-21,40H,22-25H2,1-4H3,(H,41,43). The van der Waals surface area contributed by atoms with E-state index in [4.69, 9.17) is 18.9 Å². The maximum Gasteiger partial charge on any atom is 0.252 e. The van der Waals surface area contributed by atoms with Crippen LogP contribution in [0.15, 0.2) is 90.7 Å². The monoisotopic (exact) mass is 629 g/mol. The van der Waals surface area contributed by atoms with Gasteiger partial charge in [-0.1, -0.05) is 60.7 Å². The molecule has 8 heteroatoms. The third-order valence-electron chi connectivity index (χ3n) is 9.29. The van der Waals surface area contributed by atoms with Crippen molar-refractivity contribution < 1.29 is 23.7 Å². The van der Waals surface area contributed by atoms with Gasteiger partial charge < -0.3 is 29.6 Å². The molecule has 0 spiro atoms. The van der Waals surface area contributed by atoms with Gasteiger partial charge in [0.05, 0.1) is 7.11 Å². The number of rotatable bonds is 10. The van der Waals surface area contributed by atoms with E-state index in [0.29, 0.717) is 23.6 Å². The largest absolute Gasteiger partial charge is 0.495 e. The van der Waals surface area contributed by atoms with E-state index in [2.05, 4.69) is 77.9 Å². The number of benzene rings is 4. The van der Waals surface area contributed by atoms with Crippen LogP contribution in [0, 0.1) is 0 Å². The van der Waals surface area contributed by atoms with E-state index in [0.717, 1.165) is 45.9 Å². The Hall–Kier alpha value is -4.89. The first kappa shape index (κ1) is 30.7. The fourth-order valence-corrected chi connectivity index (χ4v) is 6.53. The van der Waals surface area contributed by atoms with Crippen LogP contribution in [0.3, 0.4) is 0 Å². The first-order valence-electron chi connectivity index (χ1n) is 15.8. The van der Waals surface area contributed by atoms with E-state index in [9.17, 15) is 4.79 Å². The smallest absolute Gasteiger partial charge is 0.252 e. The number of anilines is 1. The van der Waals surface area contributed by atoms with E-state index in [-0.39, 0.29) is 18.2 Å². The molecule has 3 aliphatic rings. The summed E-state index contributed by atoms with van der Waals surface area (Å²) in [5, 5.41) is 8.46. The Balaban J connectivity index is 1.28. The van der Waals surface area contributed by atoms with Crippen molar-refractivity contribution in [1.82, 2.24) is 10.2 Å². The molecule has 0 saturated heterocycles. The molecule has 0 fully saturated rings. The second-order valence-electron chi connectivity index (χ2n) is 12.7. The number of nitrogens with one attached hydrogen (secondary N) is 2. The number of hydrogen-bond acceptors (Lipinski definition) is 7. The summed E-state index contributed by atoms with van der Waals surface area (Å²) in [6.07, 6.45) is 5.68. The Kier molecular flexibility index (Phi) is 8.09. The van der Waals surface area contributed by atoms with Gasteiger partial charge in [-0.3, -0.25) is 9.69 Å². The van der Waals surface area contributed by atoms with Crippen molar-refractivity contribution >= 4 is 29.9 Å². The van der Waals surface area contributed by atoms with Crippen molar-refractivity contribution in [1.29, 1.82) is 0 Å². The zero-order valence-electron chi connectivity index (χ0n) is 27.1. The molecule has 0 saturated carbocycles. The summed E-state index contributed by atoms with van der Waals surface area (Å²) >= 11 is 0. The molecule has 2 heterocycles. The van der Waals surface area contributed by atoms with Crippen LogP contribution in [0.5, 0.6) is 5.75 Å². The van der Waals surface area contributed by atoms with Gasteiger partial charge in [0.1, 0.15) is 5.75 Å². The fraction of sp³-hybridized carbons (Fsp3) is 0.256. The molecule has 47 heavy (non-hydrogen) atoms. The molecule has 2 N–H and O–H groups in total. The summed E-state index contributed by atoms with van der Waals surface area (Å²) in [5.41, 5.74) is 6.10. The molecule has 7 rings (SSSR count). The van der Waals surface area contributed by atoms with Crippen LogP contribution in [0.2, 0.25) is 0 Å². The van der Waals surface area contributed by atoms with Crippen molar-refractivity contribution in [3.8, 4) is 16.9 Å². The van der Waals surface area contributed by atoms with Crippen LogP contribution in [0.25, 0.3) is 29.5 Å². The molecule has 1 atom stereocenters. The van der Waals surface area contributed by atoms with Crippen molar-refractivity contribution in [3.05, 3.63) is 123 Å². The number of methoxy groups -OCH3 is 2. The highest BCUT2D eigenvalue weighted by Crippen LogP contribution is 2.36. The highest BCUT2D eigenvalue weighted by Gasteiger charge is 2.40. The number of hydrogen-bond donors (Lipinski definition) is 2. The van der Waals surface area contributed by atoms with E-state index in [1.165, 1.54) is 11.1 Å². The maximum absolute atomic E-state index is 14.3. The molecule has 6 bridgehead atoms.